The molecule has 10 nitrogen and oxygen atoms in total. The fourth-order valence-corrected chi connectivity index (χ4v) is 4.22. The highest BCUT2D eigenvalue weighted by Gasteiger charge is 2.28. The number of hydrogen-bond acceptors (Lipinski definition) is 7. The number of phenols is 1. The lowest BCUT2D eigenvalue weighted by Crippen LogP contribution is -2.44. The predicted molar refractivity (Wildman–Crippen MR) is 149 cm³/mol. The summed E-state index contributed by atoms with van der Waals surface area (Å²) >= 11 is 0. The number of carbonyl (C=O) groups is 5. The van der Waals surface area contributed by atoms with E-state index in [2.05, 4.69) is 10.6 Å². The lowest BCUT2D eigenvalue weighted by atomic mass is 9.89. The average Bonchev–Trinajstić information content (AvgIpc) is 2.91. The summed E-state index contributed by atoms with van der Waals surface area (Å²) in [4.78, 5) is 62.0. The van der Waals surface area contributed by atoms with Gasteiger partial charge in [0.1, 0.15) is 5.75 Å². The summed E-state index contributed by atoms with van der Waals surface area (Å²) < 4.78 is 0. The Labute approximate surface area is 234 Å². The first-order chi connectivity index (χ1) is 18.9. The van der Waals surface area contributed by atoms with Gasteiger partial charge in [0.25, 0.3) is 0 Å². The van der Waals surface area contributed by atoms with Gasteiger partial charge in [-0.15, -0.1) is 0 Å². The van der Waals surface area contributed by atoms with E-state index in [1.165, 1.54) is 12.1 Å². The fourth-order valence-electron chi connectivity index (χ4n) is 4.22. The Morgan fingerprint density at radius 1 is 0.875 bits per heavy atom. The topological polar surface area (TPSA) is 176 Å². The van der Waals surface area contributed by atoms with Gasteiger partial charge in [0.05, 0.1) is 24.5 Å². The van der Waals surface area contributed by atoms with Gasteiger partial charge in [-0.2, -0.15) is 0 Å². The van der Waals surface area contributed by atoms with Crippen molar-refractivity contribution >= 4 is 29.4 Å². The Morgan fingerprint density at radius 3 is 2.10 bits per heavy atom. The van der Waals surface area contributed by atoms with Crippen molar-refractivity contribution in [1.82, 2.24) is 10.6 Å². The van der Waals surface area contributed by atoms with Crippen molar-refractivity contribution in [3.63, 3.8) is 0 Å². The Hall–Kier alpha value is -4.05. The molecule has 0 aliphatic carbocycles. The Morgan fingerprint density at radius 2 is 1.50 bits per heavy atom. The van der Waals surface area contributed by atoms with Crippen LogP contribution < -0.4 is 16.4 Å². The average molecular weight is 554 g/mol. The molecular weight excluding hydrogens is 514 g/mol. The Balaban J connectivity index is 1.88. The summed E-state index contributed by atoms with van der Waals surface area (Å²) in [6.45, 7) is 3.47. The molecule has 0 aliphatic heterocycles. The SMILES string of the molecule is CC(C)CC(CC(=O)[C@@H](Cc1ccccc1)NC(=O)CCC(=O)CNC(=O)[C@H](N)Cc1ccc(O)cc1)C(=O)O. The highest BCUT2D eigenvalue weighted by Crippen LogP contribution is 2.18. The minimum atomic E-state index is -1.05. The van der Waals surface area contributed by atoms with Gasteiger partial charge in [-0.1, -0.05) is 56.3 Å². The monoisotopic (exact) mass is 553 g/mol. The molecule has 10 heteroatoms. The van der Waals surface area contributed by atoms with E-state index in [-0.39, 0.29) is 61.9 Å². The van der Waals surface area contributed by atoms with Gasteiger partial charge in [0, 0.05) is 19.3 Å². The van der Waals surface area contributed by atoms with Gasteiger partial charge in [-0.05, 0) is 48.4 Å². The molecule has 0 heterocycles. The van der Waals surface area contributed by atoms with Crippen LogP contribution in [-0.2, 0) is 36.8 Å². The van der Waals surface area contributed by atoms with Gasteiger partial charge in [0.2, 0.25) is 11.8 Å². The molecule has 0 saturated heterocycles. The van der Waals surface area contributed by atoms with Gasteiger partial charge >= 0.3 is 5.97 Å². The largest absolute Gasteiger partial charge is 0.508 e. The summed E-state index contributed by atoms with van der Waals surface area (Å²) in [5.41, 5.74) is 7.46. The van der Waals surface area contributed by atoms with E-state index in [9.17, 15) is 34.2 Å². The minimum Gasteiger partial charge on any atom is -0.508 e. The second-order valence-corrected chi connectivity index (χ2v) is 10.4. The van der Waals surface area contributed by atoms with Crippen molar-refractivity contribution in [2.75, 3.05) is 6.54 Å². The zero-order valence-electron chi connectivity index (χ0n) is 23.0. The molecule has 2 amide bonds. The first-order valence-corrected chi connectivity index (χ1v) is 13.4. The molecule has 2 rings (SSSR count). The van der Waals surface area contributed by atoms with E-state index in [0.29, 0.717) is 6.42 Å². The molecule has 216 valence electrons. The lowest BCUT2D eigenvalue weighted by Gasteiger charge is -2.21. The molecular formula is C30H39N3O7. The number of phenolic OH excluding ortho intramolecular Hbond substituents is 1. The molecule has 0 bridgehead atoms. The van der Waals surface area contributed by atoms with Crippen LogP contribution in [0.5, 0.6) is 5.75 Å². The predicted octanol–water partition coefficient (Wildman–Crippen LogP) is 2.16. The molecule has 2 aromatic rings. The van der Waals surface area contributed by atoms with E-state index in [1.807, 2.05) is 32.0 Å². The maximum Gasteiger partial charge on any atom is 0.306 e. The zero-order chi connectivity index (χ0) is 29.7. The summed E-state index contributed by atoms with van der Waals surface area (Å²) in [5.74, 6) is -3.52. The number of aromatic hydroxyl groups is 1. The molecule has 40 heavy (non-hydrogen) atoms. The van der Waals surface area contributed by atoms with Gasteiger partial charge in [0.15, 0.2) is 11.6 Å². The van der Waals surface area contributed by atoms with E-state index in [1.54, 1.807) is 24.3 Å². The van der Waals surface area contributed by atoms with Crippen molar-refractivity contribution in [3.05, 3.63) is 65.7 Å². The standard InChI is InChI=1S/C30H39N3O7/c1-19(2)14-22(30(39)40)17-27(36)26(16-20-6-4-3-5-7-20)33-28(37)13-12-24(35)18-32-29(38)25(31)15-21-8-10-23(34)11-9-21/h3-11,19,22,25-26,34H,12-18,31H2,1-2H3,(H,32,38)(H,33,37)(H,39,40)/t22?,25-,26-/m1/s1. The first kappa shape index (κ1) is 32.2. The minimum absolute atomic E-state index is 0.0879. The number of rotatable bonds is 17. The molecule has 0 spiro atoms. The molecule has 2 aromatic carbocycles. The van der Waals surface area contributed by atoms with E-state index < -0.39 is 35.8 Å². The van der Waals surface area contributed by atoms with Crippen LogP contribution in [-0.4, -0.2) is 58.2 Å². The molecule has 3 atom stereocenters. The van der Waals surface area contributed by atoms with E-state index in [4.69, 9.17) is 5.73 Å². The number of carbonyl (C=O) groups excluding carboxylic acids is 4. The number of benzene rings is 2. The normalized spacial score (nSPS) is 13.2. The van der Waals surface area contributed by atoms with Crippen LogP contribution in [0.15, 0.2) is 54.6 Å². The lowest BCUT2D eigenvalue weighted by molar-refractivity contribution is -0.144. The number of ketones is 2. The number of nitrogens with two attached hydrogens (primary N) is 1. The maximum atomic E-state index is 13.1. The second-order valence-electron chi connectivity index (χ2n) is 10.4. The third-order valence-corrected chi connectivity index (χ3v) is 6.38. The van der Waals surface area contributed by atoms with Crippen LogP contribution in [0.25, 0.3) is 0 Å². The molecule has 0 aliphatic rings. The van der Waals surface area contributed by atoms with Crippen LogP contribution in [0.2, 0.25) is 0 Å². The summed E-state index contributed by atoms with van der Waals surface area (Å²) in [5, 5.41) is 24.0. The third-order valence-electron chi connectivity index (χ3n) is 6.38. The van der Waals surface area contributed by atoms with E-state index in [0.717, 1.165) is 11.1 Å². The maximum absolute atomic E-state index is 13.1. The van der Waals surface area contributed by atoms with Gasteiger partial charge in [-0.3, -0.25) is 24.0 Å². The summed E-state index contributed by atoms with van der Waals surface area (Å²) in [7, 11) is 0. The Kier molecular flexibility index (Phi) is 13.0. The molecule has 0 aromatic heterocycles. The quantitative estimate of drug-likeness (QED) is 0.198. The molecule has 0 fully saturated rings. The number of Topliss-reactive ketones (excluding diaryl/α,β-unsaturated/α-hetero) is 2. The van der Waals surface area contributed by atoms with Crippen LogP contribution in [0.1, 0.15) is 50.7 Å². The second kappa shape index (κ2) is 16.1. The molecule has 6 N–H and O–H groups in total. The number of hydrogen-bond donors (Lipinski definition) is 5. The first-order valence-electron chi connectivity index (χ1n) is 13.4. The Bertz CT molecular complexity index is 1150. The number of carboxylic acids is 1. The third kappa shape index (κ3) is 11.8. The fraction of sp³-hybridized carbons (Fsp3) is 0.433. The van der Waals surface area contributed by atoms with Crippen molar-refractivity contribution in [3.8, 4) is 5.75 Å². The van der Waals surface area contributed by atoms with Crippen LogP contribution in [0.3, 0.4) is 0 Å². The molecule has 0 radical (unpaired) electrons. The van der Waals surface area contributed by atoms with Crippen LogP contribution >= 0.6 is 0 Å². The number of nitrogens with one attached hydrogen (secondary N) is 2. The molecule has 1 unspecified atom stereocenters. The number of aliphatic carboxylic acids is 1. The zero-order valence-corrected chi connectivity index (χ0v) is 23.0. The van der Waals surface area contributed by atoms with Gasteiger partial charge in [-0.25, -0.2) is 0 Å². The van der Waals surface area contributed by atoms with E-state index >= 15 is 0 Å². The number of amides is 2. The number of carboxylic acid groups (broad SMARTS) is 1. The smallest absolute Gasteiger partial charge is 0.306 e. The molecule has 0 saturated carbocycles. The van der Waals surface area contributed by atoms with Crippen molar-refractivity contribution in [2.45, 2.75) is 64.5 Å². The highest BCUT2D eigenvalue weighted by molar-refractivity contribution is 5.93. The van der Waals surface area contributed by atoms with Gasteiger partial charge < -0.3 is 26.6 Å². The van der Waals surface area contributed by atoms with Crippen LogP contribution in [0.4, 0.5) is 0 Å². The van der Waals surface area contributed by atoms with Crippen molar-refractivity contribution < 1.29 is 34.2 Å². The summed E-state index contributed by atoms with van der Waals surface area (Å²) in [6.07, 6.45) is 0.201. The van der Waals surface area contributed by atoms with Crippen molar-refractivity contribution in [1.29, 1.82) is 0 Å². The van der Waals surface area contributed by atoms with Crippen LogP contribution in [0, 0.1) is 11.8 Å². The highest BCUT2D eigenvalue weighted by atomic mass is 16.4. The summed E-state index contributed by atoms with van der Waals surface area (Å²) in [6, 6.07) is 13.5. The van der Waals surface area contributed by atoms with Crippen molar-refractivity contribution in [2.24, 2.45) is 17.6 Å².